The Kier molecular flexibility index (Phi) is 8.38. The van der Waals surface area contributed by atoms with Crippen molar-refractivity contribution in [1.82, 2.24) is 15.2 Å². The van der Waals surface area contributed by atoms with Crippen molar-refractivity contribution in [2.45, 2.75) is 71.9 Å². The van der Waals surface area contributed by atoms with Crippen LogP contribution in [0.15, 0.2) is 53.9 Å². The number of hydrogen-bond acceptors (Lipinski definition) is 4. The summed E-state index contributed by atoms with van der Waals surface area (Å²) in [4.78, 5) is 18.8. The predicted molar refractivity (Wildman–Crippen MR) is 134 cm³/mol. The predicted octanol–water partition coefficient (Wildman–Crippen LogP) is 6.80. The highest BCUT2D eigenvalue weighted by molar-refractivity contribution is 7.09. The van der Waals surface area contributed by atoms with Crippen molar-refractivity contribution in [2.24, 2.45) is 0 Å². The third-order valence-electron chi connectivity index (χ3n) is 5.45. The summed E-state index contributed by atoms with van der Waals surface area (Å²) < 4.78 is 39.7. The molecule has 0 saturated heterocycles. The minimum Gasteiger partial charge on any atom is -0.349 e. The van der Waals surface area contributed by atoms with Gasteiger partial charge in [-0.25, -0.2) is 4.98 Å². The lowest BCUT2D eigenvalue weighted by atomic mass is 9.87. The minimum absolute atomic E-state index is 0.00104. The van der Waals surface area contributed by atoms with Gasteiger partial charge in [-0.05, 0) is 42.0 Å². The summed E-state index contributed by atoms with van der Waals surface area (Å²) in [6, 6.07) is 13.7. The zero-order valence-electron chi connectivity index (χ0n) is 20.7. The van der Waals surface area contributed by atoms with Crippen molar-refractivity contribution in [3.8, 4) is 0 Å². The van der Waals surface area contributed by atoms with E-state index in [0.717, 1.165) is 16.6 Å². The molecule has 0 saturated carbocycles. The molecular formula is C27H32F3N3OS. The van der Waals surface area contributed by atoms with Gasteiger partial charge in [-0.2, -0.15) is 13.2 Å². The highest BCUT2D eigenvalue weighted by Crippen LogP contribution is 2.30. The van der Waals surface area contributed by atoms with Crippen LogP contribution in [0.2, 0.25) is 0 Å². The number of alkyl halides is 3. The Morgan fingerprint density at radius 3 is 2.23 bits per heavy atom. The average Bonchev–Trinajstić information content (AvgIpc) is 3.21. The van der Waals surface area contributed by atoms with E-state index >= 15 is 0 Å². The van der Waals surface area contributed by atoms with Crippen LogP contribution in [0, 0.1) is 0 Å². The highest BCUT2D eigenvalue weighted by Gasteiger charge is 2.30. The first-order valence-corrected chi connectivity index (χ1v) is 12.4. The number of carbonyl (C=O) groups is 1. The van der Waals surface area contributed by atoms with Crippen LogP contribution in [0.25, 0.3) is 0 Å². The standard InChI is InChI=1S/C27H32F3N3OS/c1-18(2)31-25(34)23-17-35-24(32-23)16-33(14-19-9-11-21(12-10-19)26(3,4)5)15-20-7-6-8-22(13-20)27(28,29)30/h6-13,17-18H,14-16H2,1-5H3,(H,31,34). The normalized spacial score (nSPS) is 12.4. The Morgan fingerprint density at radius 1 is 0.971 bits per heavy atom. The molecule has 0 fully saturated rings. The summed E-state index contributed by atoms with van der Waals surface area (Å²) in [6.07, 6.45) is -4.39. The summed E-state index contributed by atoms with van der Waals surface area (Å²) in [7, 11) is 0. The second kappa shape index (κ2) is 10.9. The fraction of sp³-hybridized carbons (Fsp3) is 0.407. The Morgan fingerprint density at radius 2 is 1.63 bits per heavy atom. The molecule has 0 radical (unpaired) electrons. The van der Waals surface area contributed by atoms with Crippen LogP contribution in [0.5, 0.6) is 0 Å². The van der Waals surface area contributed by atoms with Gasteiger partial charge in [-0.3, -0.25) is 9.69 Å². The van der Waals surface area contributed by atoms with E-state index in [1.54, 1.807) is 11.4 Å². The van der Waals surface area contributed by atoms with Gasteiger partial charge in [0.25, 0.3) is 5.91 Å². The molecule has 8 heteroatoms. The molecule has 1 N–H and O–H groups in total. The van der Waals surface area contributed by atoms with Crippen LogP contribution in [-0.2, 0) is 31.2 Å². The third kappa shape index (κ3) is 7.90. The van der Waals surface area contributed by atoms with E-state index in [0.29, 0.717) is 30.9 Å². The van der Waals surface area contributed by atoms with Crippen LogP contribution in [-0.4, -0.2) is 21.8 Å². The van der Waals surface area contributed by atoms with E-state index in [1.807, 2.05) is 18.7 Å². The van der Waals surface area contributed by atoms with E-state index in [-0.39, 0.29) is 17.4 Å². The van der Waals surface area contributed by atoms with Gasteiger partial charge >= 0.3 is 6.18 Å². The number of amides is 1. The molecule has 0 bridgehead atoms. The van der Waals surface area contributed by atoms with Crippen molar-refractivity contribution in [3.63, 3.8) is 0 Å². The lowest BCUT2D eigenvalue weighted by molar-refractivity contribution is -0.137. The molecule has 0 atom stereocenters. The molecule has 1 heterocycles. The molecular weight excluding hydrogens is 471 g/mol. The van der Waals surface area contributed by atoms with Crippen LogP contribution in [0.3, 0.4) is 0 Å². The van der Waals surface area contributed by atoms with Gasteiger partial charge < -0.3 is 5.32 Å². The molecule has 1 amide bonds. The zero-order valence-corrected chi connectivity index (χ0v) is 21.6. The molecule has 3 aromatic rings. The molecule has 0 unspecified atom stereocenters. The number of carbonyl (C=O) groups excluding carboxylic acids is 1. The number of halogens is 3. The van der Waals surface area contributed by atoms with E-state index in [9.17, 15) is 18.0 Å². The van der Waals surface area contributed by atoms with Crippen LogP contribution in [0.4, 0.5) is 13.2 Å². The second-order valence-electron chi connectivity index (χ2n) is 10.0. The van der Waals surface area contributed by atoms with Crippen molar-refractivity contribution < 1.29 is 18.0 Å². The van der Waals surface area contributed by atoms with E-state index in [1.165, 1.54) is 29.0 Å². The second-order valence-corrected chi connectivity index (χ2v) is 11.0. The number of thiazole rings is 1. The van der Waals surface area contributed by atoms with Crippen molar-refractivity contribution in [1.29, 1.82) is 0 Å². The topological polar surface area (TPSA) is 45.2 Å². The van der Waals surface area contributed by atoms with Crippen molar-refractivity contribution in [2.75, 3.05) is 0 Å². The van der Waals surface area contributed by atoms with E-state index < -0.39 is 11.7 Å². The number of hydrogen-bond donors (Lipinski definition) is 1. The summed E-state index contributed by atoms with van der Waals surface area (Å²) in [6.45, 7) is 11.5. The quantitative estimate of drug-likeness (QED) is 0.368. The summed E-state index contributed by atoms with van der Waals surface area (Å²) in [5.41, 5.74) is 2.56. The fourth-order valence-electron chi connectivity index (χ4n) is 3.66. The smallest absolute Gasteiger partial charge is 0.349 e. The number of rotatable bonds is 8. The molecule has 1 aromatic heterocycles. The summed E-state index contributed by atoms with van der Waals surface area (Å²) in [5.74, 6) is -0.232. The van der Waals surface area contributed by atoms with Crippen molar-refractivity contribution in [3.05, 3.63) is 86.9 Å². The summed E-state index contributed by atoms with van der Waals surface area (Å²) >= 11 is 1.37. The first-order chi connectivity index (χ1) is 16.3. The van der Waals surface area contributed by atoms with Gasteiger partial charge in [-0.1, -0.05) is 63.2 Å². The van der Waals surface area contributed by atoms with E-state index in [4.69, 9.17) is 0 Å². The number of nitrogens with one attached hydrogen (secondary N) is 1. The molecule has 0 aliphatic carbocycles. The van der Waals surface area contributed by atoms with Gasteiger partial charge in [0.1, 0.15) is 10.7 Å². The van der Waals surface area contributed by atoms with Gasteiger partial charge in [0.05, 0.1) is 12.1 Å². The molecule has 0 spiro atoms. The number of benzene rings is 2. The number of aromatic nitrogens is 1. The Balaban J connectivity index is 1.83. The molecule has 188 valence electrons. The van der Waals surface area contributed by atoms with Crippen molar-refractivity contribution >= 4 is 17.2 Å². The molecule has 0 aliphatic heterocycles. The SMILES string of the molecule is CC(C)NC(=O)c1csc(CN(Cc2ccc(C(C)(C)C)cc2)Cc2cccc(C(F)(F)F)c2)n1. The van der Waals surface area contributed by atoms with Crippen LogP contribution >= 0.6 is 11.3 Å². The molecule has 0 aliphatic rings. The largest absolute Gasteiger partial charge is 0.416 e. The average molecular weight is 504 g/mol. The van der Waals surface area contributed by atoms with Gasteiger partial charge in [0.15, 0.2) is 0 Å². The monoisotopic (exact) mass is 503 g/mol. The molecule has 35 heavy (non-hydrogen) atoms. The Bertz CT molecular complexity index is 1130. The maximum absolute atomic E-state index is 13.2. The first kappa shape index (κ1) is 26.9. The zero-order chi connectivity index (χ0) is 25.8. The maximum atomic E-state index is 13.2. The molecule has 2 aromatic carbocycles. The number of nitrogens with zero attached hydrogens (tertiary/aromatic N) is 2. The molecule has 3 rings (SSSR count). The maximum Gasteiger partial charge on any atom is 0.416 e. The third-order valence-corrected chi connectivity index (χ3v) is 6.28. The van der Waals surface area contributed by atoms with E-state index in [2.05, 4.69) is 55.3 Å². The lowest BCUT2D eigenvalue weighted by Gasteiger charge is -2.23. The molecule has 4 nitrogen and oxygen atoms in total. The van der Waals surface area contributed by atoms with Crippen LogP contribution < -0.4 is 5.32 Å². The van der Waals surface area contributed by atoms with Gasteiger partial charge in [0.2, 0.25) is 0 Å². The lowest BCUT2D eigenvalue weighted by Crippen LogP contribution is -2.30. The highest BCUT2D eigenvalue weighted by atomic mass is 32.1. The minimum atomic E-state index is -4.39. The Labute approximate surface area is 209 Å². The van der Waals surface area contributed by atoms with Crippen LogP contribution in [0.1, 0.15) is 72.4 Å². The van der Waals surface area contributed by atoms with Gasteiger partial charge in [-0.15, -0.1) is 11.3 Å². The Hall–Kier alpha value is -2.71. The first-order valence-electron chi connectivity index (χ1n) is 11.5. The summed E-state index contributed by atoms with van der Waals surface area (Å²) in [5, 5.41) is 5.28. The fourth-order valence-corrected chi connectivity index (χ4v) is 4.47. The van der Waals surface area contributed by atoms with Gasteiger partial charge in [0, 0.05) is 24.5 Å².